The van der Waals surface area contributed by atoms with Gasteiger partial charge in [-0.2, -0.15) is 0 Å². The van der Waals surface area contributed by atoms with Crippen molar-refractivity contribution in [1.82, 2.24) is 5.32 Å². The highest BCUT2D eigenvalue weighted by Crippen LogP contribution is 2.30. The van der Waals surface area contributed by atoms with Crippen LogP contribution in [0.1, 0.15) is 219 Å². The van der Waals surface area contributed by atoms with Gasteiger partial charge < -0.3 is 65.1 Å². The lowest BCUT2D eigenvalue weighted by Crippen LogP contribution is -2.65. The summed E-state index contributed by atoms with van der Waals surface area (Å²) in [6.07, 6.45) is 53.3. The minimum Gasteiger partial charge on any atom is -0.394 e. The molecule has 1 amide bonds. The Kier molecular flexibility index (Phi) is 46.0. The molecule has 80 heavy (non-hydrogen) atoms. The highest BCUT2D eigenvalue weighted by molar-refractivity contribution is 5.76. The molecule has 14 heteroatoms. The number of allylic oxidation sites excluding steroid dienone is 16. The summed E-state index contributed by atoms with van der Waals surface area (Å²) in [4.78, 5) is 13.2. The van der Waals surface area contributed by atoms with Crippen LogP contribution in [0.3, 0.4) is 0 Å². The molecule has 2 aliphatic heterocycles. The lowest BCUT2D eigenvalue weighted by molar-refractivity contribution is -0.359. The predicted molar refractivity (Wildman–Crippen MR) is 323 cm³/mol. The number of nitrogens with one attached hydrogen (secondary N) is 1. The minimum atomic E-state index is -1.78. The van der Waals surface area contributed by atoms with Gasteiger partial charge in [-0.05, 0) is 77.0 Å². The molecule has 0 spiro atoms. The monoisotopic (exact) mass is 1130 g/mol. The number of rotatable bonds is 49. The third kappa shape index (κ3) is 35.1. The second kappa shape index (κ2) is 50.4. The molecule has 0 aliphatic carbocycles. The number of amides is 1. The van der Waals surface area contributed by atoms with Crippen molar-refractivity contribution in [2.45, 2.75) is 293 Å². The van der Waals surface area contributed by atoms with Crippen molar-refractivity contribution in [1.29, 1.82) is 0 Å². The van der Waals surface area contributed by atoms with Gasteiger partial charge in [-0.1, -0.05) is 233 Å². The maximum atomic E-state index is 13.2. The van der Waals surface area contributed by atoms with Crippen LogP contribution in [-0.2, 0) is 23.7 Å². The van der Waals surface area contributed by atoms with Gasteiger partial charge in [0.25, 0.3) is 0 Å². The number of carbonyl (C=O) groups is 1. The number of aliphatic hydroxyl groups excluding tert-OH is 8. The predicted octanol–water partition coefficient (Wildman–Crippen LogP) is 11.4. The molecule has 0 aromatic heterocycles. The highest BCUT2D eigenvalue weighted by atomic mass is 16.7. The number of unbranched alkanes of at least 4 members (excludes halogenated alkanes) is 20. The fourth-order valence-electron chi connectivity index (χ4n) is 9.78. The Morgan fingerprint density at radius 3 is 1.32 bits per heavy atom. The van der Waals surface area contributed by atoms with E-state index in [1.165, 1.54) is 83.5 Å². The molecule has 12 unspecified atom stereocenters. The smallest absolute Gasteiger partial charge is 0.220 e. The Bertz CT molecular complexity index is 1710. The normalized spacial score (nSPS) is 24.9. The van der Waals surface area contributed by atoms with Gasteiger partial charge in [-0.3, -0.25) is 4.79 Å². The van der Waals surface area contributed by atoms with Crippen molar-refractivity contribution in [2.24, 2.45) is 0 Å². The summed E-state index contributed by atoms with van der Waals surface area (Å²) in [5.41, 5.74) is 0. The summed E-state index contributed by atoms with van der Waals surface area (Å²) in [7, 11) is 0. The maximum Gasteiger partial charge on any atom is 0.220 e. The topological polar surface area (TPSA) is 228 Å². The first kappa shape index (κ1) is 73.0. The Morgan fingerprint density at radius 1 is 0.463 bits per heavy atom. The fraction of sp³-hybridized carbons (Fsp3) is 0.742. The summed E-state index contributed by atoms with van der Waals surface area (Å²) in [6, 6.07) is -0.830. The van der Waals surface area contributed by atoms with Crippen LogP contribution < -0.4 is 5.32 Å². The lowest BCUT2D eigenvalue weighted by atomic mass is 9.97. The van der Waals surface area contributed by atoms with Crippen molar-refractivity contribution in [3.05, 3.63) is 97.2 Å². The molecule has 14 nitrogen and oxygen atoms in total. The number of carbonyl (C=O) groups excluding carboxylic acids is 1. The van der Waals surface area contributed by atoms with E-state index in [-0.39, 0.29) is 12.5 Å². The van der Waals surface area contributed by atoms with E-state index in [1.54, 1.807) is 0 Å². The summed E-state index contributed by atoms with van der Waals surface area (Å²) < 4.78 is 22.7. The Hall–Kier alpha value is -3.09. The van der Waals surface area contributed by atoms with Crippen LogP contribution in [0.15, 0.2) is 97.2 Å². The van der Waals surface area contributed by atoms with Crippen LogP contribution in [0.5, 0.6) is 0 Å². The third-order valence-electron chi connectivity index (χ3n) is 14.8. The summed E-state index contributed by atoms with van der Waals surface area (Å²) in [6.45, 7) is 2.67. The van der Waals surface area contributed by atoms with Gasteiger partial charge in [-0.25, -0.2) is 0 Å². The van der Waals surface area contributed by atoms with E-state index in [1.807, 2.05) is 0 Å². The molecule has 0 radical (unpaired) electrons. The molecular weight excluding hydrogens is 1010 g/mol. The van der Waals surface area contributed by atoms with Gasteiger partial charge in [0.2, 0.25) is 5.91 Å². The summed E-state index contributed by atoms with van der Waals surface area (Å²) in [5, 5.41) is 86.8. The van der Waals surface area contributed by atoms with Crippen LogP contribution in [0.2, 0.25) is 0 Å². The van der Waals surface area contributed by atoms with E-state index in [9.17, 15) is 45.6 Å². The largest absolute Gasteiger partial charge is 0.394 e. The fourth-order valence-corrected chi connectivity index (χ4v) is 9.78. The average Bonchev–Trinajstić information content (AvgIpc) is 3.48. The first-order valence-electron chi connectivity index (χ1n) is 31.5. The van der Waals surface area contributed by atoms with Gasteiger partial charge in [0.15, 0.2) is 12.6 Å². The molecule has 460 valence electrons. The van der Waals surface area contributed by atoms with Crippen LogP contribution in [0.25, 0.3) is 0 Å². The molecule has 2 heterocycles. The third-order valence-corrected chi connectivity index (χ3v) is 14.8. The summed E-state index contributed by atoms with van der Waals surface area (Å²) >= 11 is 0. The quantitative estimate of drug-likeness (QED) is 0.0204. The SMILES string of the molecule is CC/C=C\C/C=C\C/C=C\C/C=C\C/C=C\C/C=C\C/C=C\C/C=C\CCCCCCCCCCCCCCCCC(=O)NC(COC1OC(CO)C(OC2OC(CO)C(O)C(O)C2O)C(O)C1O)C(O)CCCCCCCCC. The van der Waals surface area contributed by atoms with Gasteiger partial charge in [-0.15, -0.1) is 0 Å². The first-order valence-corrected chi connectivity index (χ1v) is 31.5. The molecule has 0 saturated carbocycles. The van der Waals surface area contributed by atoms with Gasteiger partial charge in [0.05, 0.1) is 32.0 Å². The van der Waals surface area contributed by atoms with Crippen LogP contribution in [0, 0.1) is 0 Å². The van der Waals surface area contributed by atoms with E-state index in [4.69, 9.17) is 18.9 Å². The van der Waals surface area contributed by atoms with E-state index in [2.05, 4.69) is 116 Å². The standard InChI is InChI=1S/C66H113NO13/c1-3-5-7-9-11-12-13-14-15-16-17-18-19-20-21-22-23-24-25-26-27-28-29-30-31-32-33-34-35-36-37-38-39-40-41-42-44-46-48-50-58(71)67-54(55(70)49-47-45-43-10-8-6-4-2)53-77-65-63(76)61(74)64(57(52-69)79-65)80-66-62(75)60(73)59(72)56(51-68)78-66/h5,7,11-12,14-15,17-18,20-21,23-24,26-27,29-30,54-57,59-66,68-70,72-76H,3-4,6,8-10,13,16,19,22,25,28,31-53H2,1-2H3,(H,67,71)/b7-5-,12-11-,15-14-,18-17-,21-20-,24-23-,27-26-,30-29-. The first-order chi connectivity index (χ1) is 39.1. The second-order valence-corrected chi connectivity index (χ2v) is 21.8. The molecule has 12 atom stereocenters. The lowest BCUT2D eigenvalue weighted by Gasteiger charge is -2.46. The van der Waals surface area contributed by atoms with Crippen LogP contribution in [-0.4, -0.2) is 140 Å². The van der Waals surface area contributed by atoms with Gasteiger partial charge in [0, 0.05) is 6.42 Å². The van der Waals surface area contributed by atoms with Crippen molar-refractivity contribution >= 4 is 5.91 Å². The van der Waals surface area contributed by atoms with Gasteiger partial charge in [0.1, 0.15) is 48.8 Å². The highest BCUT2D eigenvalue weighted by Gasteiger charge is 2.51. The average molecular weight is 1130 g/mol. The van der Waals surface area contributed by atoms with Crippen molar-refractivity contribution in [3.63, 3.8) is 0 Å². The maximum absolute atomic E-state index is 13.2. The molecule has 2 fully saturated rings. The molecular formula is C66H113NO13. The number of aliphatic hydroxyl groups is 8. The zero-order chi connectivity index (χ0) is 58.1. The number of hydrogen-bond donors (Lipinski definition) is 9. The molecule has 9 N–H and O–H groups in total. The van der Waals surface area contributed by atoms with E-state index >= 15 is 0 Å². The van der Waals surface area contributed by atoms with E-state index in [0.29, 0.717) is 12.8 Å². The Balaban J connectivity index is 1.54. The molecule has 0 aromatic carbocycles. The zero-order valence-electron chi connectivity index (χ0n) is 49.5. The zero-order valence-corrected chi connectivity index (χ0v) is 49.5. The summed E-state index contributed by atoms with van der Waals surface area (Å²) in [5.74, 6) is -0.215. The second-order valence-electron chi connectivity index (χ2n) is 21.8. The van der Waals surface area contributed by atoms with E-state index in [0.717, 1.165) is 109 Å². The van der Waals surface area contributed by atoms with Crippen LogP contribution in [0.4, 0.5) is 0 Å². The van der Waals surface area contributed by atoms with E-state index < -0.39 is 86.8 Å². The minimum absolute atomic E-state index is 0.215. The van der Waals surface area contributed by atoms with Crippen molar-refractivity contribution in [2.75, 3.05) is 19.8 Å². The van der Waals surface area contributed by atoms with Gasteiger partial charge >= 0.3 is 0 Å². The Morgan fingerprint density at radius 2 is 0.863 bits per heavy atom. The molecule has 0 bridgehead atoms. The molecule has 2 aliphatic rings. The number of hydrogen-bond acceptors (Lipinski definition) is 13. The van der Waals surface area contributed by atoms with Crippen molar-refractivity contribution < 1.29 is 64.6 Å². The van der Waals surface area contributed by atoms with Crippen LogP contribution >= 0.6 is 0 Å². The molecule has 2 saturated heterocycles. The Labute approximate surface area is 483 Å². The van der Waals surface area contributed by atoms with Crippen molar-refractivity contribution in [3.8, 4) is 0 Å². The molecule has 2 rings (SSSR count). The number of ether oxygens (including phenoxy) is 4. The molecule has 0 aromatic rings.